The molecule has 0 bridgehead atoms. The Morgan fingerprint density at radius 1 is 1.39 bits per heavy atom. The van der Waals surface area contributed by atoms with Crippen LogP contribution in [0.1, 0.15) is 30.0 Å². The monoisotopic (exact) mass is 482 g/mol. The van der Waals surface area contributed by atoms with E-state index in [1.807, 2.05) is 20.9 Å². The average molecular weight is 482 g/mol. The molecule has 0 saturated heterocycles. The van der Waals surface area contributed by atoms with E-state index in [1.54, 1.807) is 11.8 Å². The molecule has 7 heteroatoms. The normalized spacial score (nSPS) is 14.6. The van der Waals surface area contributed by atoms with Crippen molar-refractivity contribution in [1.82, 2.24) is 19.9 Å². The summed E-state index contributed by atoms with van der Waals surface area (Å²) in [6.45, 7) is 4.00. The first kappa shape index (κ1) is 16.2. The topological polar surface area (TPSA) is 66.0 Å². The van der Waals surface area contributed by atoms with Crippen LogP contribution in [0.25, 0.3) is 17.1 Å². The number of hydrogen-bond acceptors (Lipinski definition) is 5. The van der Waals surface area contributed by atoms with Crippen LogP contribution in [0.3, 0.4) is 0 Å². The van der Waals surface area contributed by atoms with Crippen LogP contribution in [0.5, 0.6) is 0 Å². The summed E-state index contributed by atoms with van der Waals surface area (Å²) in [5.74, 6) is 1.15. The summed E-state index contributed by atoms with van der Waals surface area (Å²) >= 11 is 1.30. The zero-order valence-electron chi connectivity index (χ0n) is 13.6. The van der Waals surface area contributed by atoms with Crippen molar-refractivity contribution in [3.05, 3.63) is 34.9 Å². The first-order chi connectivity index (χ1) is 11.0. The molecule has 0 N–H and O–H groups in total. The number of hydrogen-bond donors (Lipinski definition) is 0. The Hall–Kier alpha value is -1.65. The third kappa shape index (κ3) is 3.06. The van der Waals surface area contributed by atoms with E-state index in [4.69, 9.17) is 9.26 Å². The molecule has 0 fully saturated rings. The molecule has 2 heterocycles. The van der Waals surface area contributed by atoms with Crippen molar-refractivity contribution in [3.63, 3.8) is 0 Å². The van der Waals surface area contributed by atoms with Gasteiger partial charge in [-0.2, -0.15) is 0 Å². The van der Waals surface area contributed by atoms with Gasteiger partial charge in [-0.25, -0.2) is 0 Å². The number of rotatable bonds is 4. The maximum atomic E-state index is 5.50. The van der Waals surface area contributed by atoms with Crippen molar-refractivity contribution in [2.75, 3.05) is 7.11 Å². The predicted molar refractivity (Wildman–Crippen MR) is 83.3 cm³/mol. The van der Waals surface area contributed by atoms with E-state index in [-0.39, 0.29) is 0 Å². The summed E-state index contributed by atoms with van der Waals surface area (Å²) in [5.41, 5.74) is 5.10. The molecule has 0 amide bonds. The van der Waals surface area contributed by atoms with E-state index in [1.165, 1.54) is 19.4 Å². The van der Waals surface area contributed by atoms with Gasteiger partial charge >= 0.3 is 145 Å². The van der Waals surface area contributed by atoms with Gasteiger partial charge in [-0.3, -0.25) is 0 Å². The van der Waals surface area contributed by atoms with Gasteiger partial charge < -0.3 is 0 Å². The van der Waals surface area contributed by atoms with Crippen molar-refractivity contribution >= 4 is 9.66 Å². The predicted octanol–water partition coefficient (Wildman–Crippen LogP) is 2.51. The van der Waals surface area contributed by atoms with E-state index < -0.39 is 0 Å². The fourth-order valence-electron chi connectivity index (χ4n) is 2.66. The Morgan fingerprint density at radius 3 is 2.83 bits per heavy atom. The number of aromatic nitrogens is 4. The molecule has 0 atom stereocenters. The van der Waals surface area contributed by atoms with Gasteiger partial charge in [0.05, 0.1) is 0 Å². The first-order valence-corrected chi connectivity index (χ1v) is 8.81. The zero-order chi connectivity index (χ0) is 16.6. The molecule has 1 aliphatic carbocycles. The van der Waals surface area contributed by atoms with Crippen LogP contribution in [0.2, 0.25) is 0 Å². The second-order valence-electron chi connectivity index (χ2n) is 5.47. The molecule has 0 aliphatic heterocycles. The minimum absolute atomic E-state index is 0.572. The Kier molecular flexibility index (Phi) is 4.55. The molecular formula is C16H18N4O2W. The van der Waals surface area contributed by atoms with Gasteiger partial charge in [0.2, 0.25) is 0 Å². The van der Waals surface area contributed by atoms with E-state index in [0.29, 0.717) is 11.7 Å². The van der Waals surface area contributed by atoms with Crippen LogP contribution in [0, 0.1) is 13.8 Å². The average Bonchev–Trinajstić information content (AvgIpc) is 3.12. The summed E-state index contributed by atoms with van der Waals surface area (Å²) in [5, 5.41) is 8.56. The Bertz CT molecular complexity index is 829. The maximum absolute atomic E-state index is 5.50. The molecular weight excluding hydrogens is 464 g/mol. The SMILES string of the molecule is CO[C](=[W])C1=CCCC(c2nc(-c3c(C)c(C)nn3C)no2)=C1. The van der Waals surface area contributed by atoms with Crippen LogP contribution in [0.4, 0.5) is 0 Å². The van der Waals surface area contributed by atoms with Gasteiger partial charge in [0, 0.05) is 0 Å². The van der Waals surface area contributed by atoms with Gasteiger partial charge in [0.1, 0.15) is 0 Å². The molecule has 2 aromatic heterocycles. The molecule has 0 spiro atoms. The number of aryl methyl sites for hydroxylation is 2. The van der Waals surface area contributed by atoms with Crippen molar-refractivity contribution in [2.45, 2.75) is 26.7 Å². The Morgan fingerprint density at radius 2 is 2.17 bits per heavy atom. The van der Waals surface area contributed by atoms with Gasteiger partial charge in [-0.1, -0.05) is 0 Å². The van der Waals surface area contributed by atoms with Gasteiger partial charge in [0.25, 0.3) is 0 Å². The van der Waals surface area contributed by atoms with Crippen molar-refractivity contribution < 1.29 is 28.6 Å². The van der Waals surface area contributed by atoms with Crippen LogP contribution in [-0.2, 0) is 31.1 Å². The molecule has 23 heavy (non-hydrogen) atoms. The number of methoxy groups -OCH3 is 1. The second kappa shape index (κ2) is 6.46. The van der Waals surface area contributed by atoms with E-state index >= 15 is 0 Å². The molecule has 0 radical (unpaired) electrons. The summed E-state index contributed by atoms with van der Waals surface area (Å²) in [7, 11) is 3.59. The van der Waals surface area contributed by atoms with Crippen molar-refractivity contribution in [2.24, 2.45) is 7.05 Å². The third-order valence-corrected chi connectivity index (χ3v) is 5.41. The van der Waals surface area contributed by atoms with Crippen LogP contribution in [-0.4, -0.2) is 31.1 Å². The van der Waals surface area contributed by atoms with Gasteiger partial charge in [-0.15, -0.1) is 0 Å². The molecule has 6 nitrogen and oxygen atoms in total. The molecule has 0 aromatic carbocycles. The fraction of sp³-hybridized carbons (Fsp3) is 0.375. The van der Waals surface area contributed by atoms with Gasteiger partial charge in [0.15, 0.2) is 0 Å². The molecule has 0 saturated carbocycles. The van der Waals surface area contributed by atoms with Crippen LogP contribution in [0.15, 0.2) is 22.2 Å². The summed E-state index contributed by atoms with van der Waals surface area (Å²) < 4.78 is 13.6. The molecule has 2 aromatic rings. The summed E-state index contributed by atoms with van der Waals surface area (Å²) in [4.78, 5) is 4.58. The summed E-state index contributed by atoms with van der Waals surface area (Å²) in [6.07, 6.45) is 6.10. The van der Waals surface area contributed by atoms with E-state index in [9.17, 15) is 0 Å². The number of allylic oxidation sites excluding steroid dienone is 2. The standard InChI is InChI=1S/C16H18N4O2.W/c1-10-11(2)18-20(3)14(10)15-17-16(22-19-15)13-7-5-6-12(8-13)9-21-4;/h6,8H,5,7H2,1-4H3;. The first-order valence-electron chi connectivity index (χ1n) is 7.35. The quantitative estimate of drug-likeness (QED) is 0.671. The third-order valence-electron chi connectivity index (χ3n) is 3.96. The second-order valence-corrected chi connectivity index (χ2v) is 6.80. The zero-order valence-corrected chi connectivity index (χ0v) is 16.5. The van der Waals surface area contributed by atoms with E-state index in [0.717, 1.165) is 45.0 Å². The Labute approximate surface area is 145 Å². The van der Waals surface area contributed by atoms with Crippen LogP contribution < -0.4 is 0 Å². The number of ether oxygens (including phenoxy) is 1. The van der Waals surface area contributed by atoms with Crippen molar-refractivity contribution in [1.29, 1.82) is 0 Å². The Balaban J connectivity index is 1.95. The van der Waals surface area contributed by atoms with Crippen LogP contribution >= 0.6 is 0 Å². The molecule has 1 aliphatic rings. The van der Waals surface area contributed by atoms with Crippen molar-refractivity contribution in [3.8, 4) is 11.5 Å². The molecule has 120 valence electrons. The molecule has 3 rings (SSSR count). The minimum atomic E-state index is 0.572. The van der Waals surface area contributed by atoms with Gasteiger partial charge in [-0.05, 0) is 0 Å². The molecule has 0 unspecified atom stereocenters. The summed E-state index contributed by atoms with van der Waals surface area (Å²) in [6, 6.07) is 0. The number of nitrogens with zero attached hydrogens (tertiary/aromatic N) is 4. The fourth-order valence-corrected chi connectivity index (χ4v) is 3.17. The van der Waals surface area contributed by atoms with E-state index in [2.05, 4.69) is 27.4 Å².